The summed E-state index contributed by atoms with van der Waals surface area (Å²) in [7, 11) is 1.70. The second-order valence-corrected chi connectivity index (χ2v) is 3.17. The average Bonchev–Trinajstić information content (AvgIpc) is 2.40. The Balaban J connectivity index is 2.18. The molecular formula is C9H17NO. The molecule has 0 fully saturated rings. The molecule has 1 unspecified atom stereocenters. The summed E-state index contributed by atoms with van der Waals surface area (Å²) >= 11 is 0. The van der Waals surface area contributed by atoms with Gasteiger partial charge in [-0.3, -0.25) is 0 Å². The fourth-order valence-corrected chi connectivity index (χ4v) is 1.53. The lowest BCUT2D eigenvalue weighted by Crippen LogP contribution is -2.25. The first kappa shape index (κ1) is 8.75. The predicted octanol–water partition coefficient (Wildman–Crippen LogP) is 1.46. The summed E-state index contributed by atoms with van der Waals surface area (Å²) in [5.74, 6) is 0. The maximum absolute atomic E-state index is 5.80. The maximum Gasteiger partial charge on any atom is 0.0616 e. The summed E-state index contributed by atoms with van der Waals surface area (Å²) in [4.78, 5) is 0. The molecule has 0 saturated carbocycles. The lowest BCUT2D eigenvalue weighted by atomic mass is 10.1. The van der Waals surface area contributed by atoms with Crippen molar-refractivity contribution in [3.63, 3.8) is 0 Å². The zero-order valence-electron chi connectivity index (χ0n) is 7.18. The zero-order chi connectivity index (χ0) is 8.10. The van der Waals surface area contributed by atoms with Crippen molar-refractivity contribution in [2.45, 2.75) is 31.7 Å². The first-order chi connectivity index (χ1) is 5.33. The third-order valence-corrected chi connectivity index (χ3v) is 2.04. The van der Waals surface area contributed by atoms with E-state index in [2.05, 4.69) is 6.08 Å². The molecule has 1 aliphatic carbocycles. The lowest BCUT2D eigenvalue weighted by molar-refractivity contribution is 0.180. The molecule has 2 N–H and O–H groups in total. The molecule has 1 aliphatic rings. The largest absolute Gasteiger partial charge is 0.383 e. The monoisotopic (exact) mass is 155 g/mol. The predicted molar refractivity (Wildman–Crippen MR) is 46.4 cm³/mol. The van der Waals surface area contributed by atoms with Gasteiger partial charge in [-0.15, -0.1) is 0 Å². The van der Waals surface area contributed by atoms with Crippen LogP contribution in [0, 0.1) is 0 Å². The van der Waals surface area contributed by atoms with Crippen LogP contribution in [0.4, 0.5) is 0 Å². The molecule has 0 heterocycles. The Morgan fingerprint density at radius 3 is 3.09 bits per heavy atom. The first-order valence-electron chi connectivity index (χ1n) is 4.25. The van der Waals surface area contributed by atoms with Crippen LogP contribution in [0.1, 0.15) is 25.7 Å². The van der Waals surface area contributed by atoms with Gasteiger partial charge in [-0.2, -0.15) is 0 Å². The van der Waals surface area contributed by atoms with E-state index in [1.165, 1.54) is 24.8 Å². The molecule has 0 bridgehead atoms. The van der Waals surface area contributed by atoms with Crippen molar-refractivity contribution in [1.82, 2.24) is 0 Å². The van der Waals surface area contributed by atoms with Crippen molar-refractivity contribution in [3.05, 3.63) is 11.6 Å². The van der Waals surface area contributed by atoms with Crippen LogP contribution in [0.25, 0.3) is 0 Å². The van der Waals surface area contributed by atoms with E-state index in [1.807, 2.05) is 0 Å². The first-order valence-corrected chi connectivity index (χ1v) is 4.25. The highest BCUT2D eigenvalue weighted by Gasteiger charge is 2.08. The summed E-state index contributed by atoms with van der Waals surface area (Å²) in [6.07, 6.45) is 7.14. The number of hydrogen-bond donors (Lipinski definition) is 1. The molecular weight excluding hydrogens is 138 g/mol. The van der Waals surface area contributed by atoms with Gasteiger partial charge in [-0.1, -0.05) is 11.6 Å². The van der Waals surface area contributed by atoms with Gasteiger partial charge in [0.1, 0.15) is 0 Å². The summed E-state index contributed by atoms with van der Waals surface area (Å²) < 4.78 is 4.96. The Morgan fingerprint density at radius 1 is 1.73 bits per heavy atom. The van der Waals surface area contributed by atoms with E-state index in [1.54, 1.807) is 7.11 Å². The van der Waals surface area contributed by atoms with Gasteiger partial charge in [0.25, 0.3) is 0 Å². The van der Waals surface area contributed by atoms with Crippen LogP contribution in [0.2, 0.25) is 0 Å². The van der Waals surface area contributed by atoms with Crippen LogP contribution in [-0.2, 0) is 4.74 Å². The minimum atomic E-state index is 0.198. The summed E-state index contributed by atoms with van der Waals surface area (Å²) in [5.41, 5.74) is 7.32. The van der Waals surface area contributed by atoms with Crippen LogP contribution in [0.3, 0.4) is 0 Å². The molecule has 2 heteroatoms. The molecule has 0 aromatic rings. The molecule has 0 aromatic heterocycles. The van der Waals surface area contributed by atoms with Crippen molar-refractivity contribution in [3.8, 4) is 0 Å². The molecule has 64 valence electrons. The SMILES string of the molecule is COCC(N)CC1=CCCC1. The Kier molecular flexibility index (Phi) is 3.60. The molecule has 11 heavy (non-hydrogen) atoms. The minimum Gasteiger partial charge on any atom is -0.383 e. The van der Waals surface area contributed by atoms with E-state index in [0.717, 1.165) is 6.42 Å². The van der Waals surface area contributed by atoms with Crippen LogP contribution < -0.4 is 5.73 Å². The lowest BCUT2D eigenvalue weighted by Gasteiger charge is -2.10. The van der Waals surface area contributed by atoms with E-state index < -0.39 is 0 Å². The Labute approximate surface area is 68.4 Å². The van der Waals surface area contributed by atoms with Crippen molar-refractivity contribution < 1.29 is 4.74 Å². The second kappa shape index (κ2) is 4.52. The highest BCUT2D eigenvalue weighted by molar-refractivity contribution is 5.08. The molecule has 2 nitrogen and oxygen atoms in total. The Bertz CT molecular complexity index is 142. The summed E-state index contributed by atoms with van der Waals surface area (Å²) in [6, 6.07) is 0.198. The normalized spacial score (nSPS) is 20.0. The number of allylic oxidation sites excluding steroid dienone is 1. The Hall–Kier alpha value is -0.340. The van der Waals surface area contributed by atoms with Crippen molar-refractivity contribution >= 4 is 0 Å². The third-order valence-electron chi connectivity index (χ3n) is 2.04. The highest BCUT2D eigenvalue weighted by atomic mass is 16.5. The van der Waals surface area contributed by atoms with Crippen LogP contribution in [-0.4, -0.2) is 19.8 Å². The van der Waals surface area contributed by atoms with Gasteiger partial charge < -0.3 is 10.5 Å². The standard InChI is InChI=1S/C9H17NO/c1-11-7-9(10)6-8-4-2-3-5-8/h4,9H,2-3,5-7,10H2,1H3. The number of rotatable bonds is 4. The molecule has 0 saturated heterocycles. The quantitative estimate of drug-likeness (QED) is 0.624. The topological polar surface area (TPSA) is 35.2 Å². The fraction of sp³-hybridized carbons (Fsp3) is 0.778. The van der Waals surface area contributed by atoms with Gasteiger partial charge in [0.05, 0.1) is 6.61 Å². The number of ether oxygens (including phenoxy) is 1. The number of methoxy groups -OCH3 is 1. The molecule has 0 radical (unpaired) electrons. The molecule has 1 atom stereocenters. The number of hydrogen-bond acceptors (Lipinski definition) is 2. The fourth-order valence-electron chi connectivity index (χ4n) is 1.53. The van der Waals surface area contributed by atoms with Crippen molar-refractivity contribution in [1.29, 1.82) is 0 Å². The molecule has 1 rings (SSSR count). The summed E-state index contributed by atoms with van der Waals surface area (Å²) in [5, 5.41) is 0. The van der Waals surface area contributed by atoms with Crippen LogP contribution in [0.15, 0.2) is 11.6 Å². The highest BCUT2D eigenvalue weighted by Crippen LogP contribution is 2.21. The smallest absolute Gasteiger partial charge is 0.0616 e. The van der Waals surface area contributed by atoms with E-state index in [0.29, 0.717) is 6.61 Å². The second-order valence-electron chi connectivity index (χ2n) is 3.17. The molecule has 0 spiro atoms. The summed E-state index contributed by atoms with van der Waals surface area (Å²) in [6.45, 7) is 0.678. The van der Waals surface area contributed by atoms with Crippen molar-refractivity contribution in [2.24, 2.45) is 5.73 Å². The van der Waals surface area contributed by atoms with Gasteiger partial charge in [-0.25, -0.2) is 0 Å². The maximum atomic E-state index is 5.80. The van der Waals surface area contributed by atoms with E-state index in [4.69, 9.17) is 10.5 Å². The van der Waals surface area contributed by atoms with Gasteiger partial charge in [0.15, 0.2) is 0 Å². The van der Waals surface area contributed by atoms with E-state index in [9.17, 15) is 0 Å². The number of nitrogens with two attached hydrogens (primary N) is 1. The third kappa shape index (κ3) is 3.04. The molecule has 0 aliphatic heterocycles. The van der Waals surface area contributed by atoms with Gasteiger partial charge in [0.2, 0.25) is 0 Å². The zero-order valence-corrected chi connectivity index (χ0v) is 7.18. The van der Waals surface area contributed by atoms with E-state index >= 15 is 0 Å². The molecule has 0 aromatic carbocycles. The van der Waals surface area contributed by atoms with Gasteiger partial charge >= 0.3 is 0 Å². The van der Waals surface area contributed by atoms with Crippen molar-refractivity contribution in [2.75, 3.05) is 13.7 Å². The van der Waals surface area contributed by atoms with Crippen LogP contribution >= 0.6 is 0 Å². The Morgan fingerprint density at radius 2 is 2.55 bits per heavy atom. The molecule has 0 amide bonds. The minimum absolute atomic E-state index is 0.198. The van der Waals surface area contributed by atoms with E-state index in [-0.39, 0.29) is 6.04 Å². The average molecular weight is 155 g/mol. The van der Waals surface area contributed by atoms with Gasteiger partial charge in [0, 0.05) is 13.2 Å². The van der Waals surface area contributed by atoms with Gasteiger partial charge in [-0.05, 0) is 25.7 Å². The van der Waals surface area contributed by atoms with Crippen LogP contribution in [0.5, 0.6) is 0 Å².